The maximum atomic E-state index is 12.7. The van der Waals surface area contributed by atoms with E-state index in [0.29, 0.717) is 5.76 Å². The van der Waals surface area contributed by atoms with Crippen LogP contribution in [-0.4, -0.2) is 21.0 Å². The minimum atomic E-state index is -0.545. The van der Waals surface area contributed by atoms with Crippen LogP contribution in [0.5, 0.6) is 0 Å². The lowest BCUT2D eigenvalue weighted by Gasteiger charge is -2.12. The molecule has 2 amide bonds. The van der Waals surface area contributed by atoms with Gasteiger partial charge >= 0.3 is 0 Å². The number of nitro groups is 1. The fraction of sp³-hybridized carbons (Fsp3) is 0.0476. The maximum Gasteiger partial charge on any atom is 0.293 e. The van der Waals surface area contributed by atoms with E-state index < -0.39 is 10.8 Å². The first-order valence-corrected chi connectivity index (χ1v) is 10.8. The number of halogens is 2. The summed E-state index contributed by atoms with van der Waals surface area (Å²) in [7, 11) is 0. The van der Waals surface area contributed by atoms with Crippen molar-refractivity contribution in [3.8, 4) is 11.3 Å². The highest BCUT2D eigenvalue weighted by molar-refractivity contribution is 9.10. The van der Waals surface area contributed by atoms with E-state index in [-0.39, 0.29) is 38.7 Å². The van der Waals surface area contributed by atoms with Crippen molar-refractivity contribution in [3.05, 3.63) is 90.4 Å². The fourth-order valence-corrected chi connectivity index (χ4v) is 4.23. The molecule has 1 aliphatic rings. The van der Waals surface area contributed by atoms with Crippen molar-refractivity contribution in [2.24, 2.45) is 0 Å². The van der Waals surface area contributed by atoms with Crippen LogP contribution < -0.4 is 0 Å². The molecule has 0 atom stereocenters. The summed E-state index contributed by atoms with van der Waals surface area (Å²) in [5.41, 5.74) is 0.891. The Bertz CT molecular complexity index is 1240. The molecule has 0 saturated carbocycles. The van der Waals surface area contributed by atoms with E-state index in [0.717, 1.165) is 26.7 Å². The maximum absolute atomic E-state index is 12.7. The van der Waals surface area contributed by atoms with Gasteiger partial charge in [-0.2, -0.15) is 0 Å². The standard InChI is InChI=1S/C21H12BrClN2O5S/c22-13-3-1-12(2-4-13)11-24-20(26)19(31-21(24)27)10-15-6-8-18(30-15)16-7-5-14(23)9-17(16)25(28)29/h1-10H,11H2/b19-10-. The number of nitro benzene ring substituents is 1. The average molecular weight is 520 g/mol. The minimum Gasteiger partial charge on any atom is -0.456 e. The van der Waals surface area contributed by atoms with Crippen LogP contribution in [-0.2, 0) is 11.3 Å². The minimum absolute atomic E-state index is 0.162. The van der Waals surface area contributed by atoms with Gasteiger partial charge in [-0.15, -0.1) is 0 Å². The normalized spacial score (nSPS) is 15.2. The second-order valence-corrected chi connectivity index (χ2v) is 8.86. The molecule has 0 spiro atoms. The van der Waals surface area contributed by atoms with Gasteiger partial charge in [0.05, 0.1) is 21.9 Å². The molecule has 1 aliphatic heterocycles. The average Bonchev–Trinajstić information content (AvgIpc) is 3.29. The Morgan fingerprint density at radius 3 is 2.58 bits per heavy atom. The highest BCUT2D eigenvalue weighted by Gasteiger charge is 2.35. The van der Waals surface area contributed by atoms with E-state index in [1.807, 2.05) is 24.3 Å². The van der Waals surface area contributed by atoms with Gasteiger partial charge in [-0.25, -0.2) is 0 Å². The molecule has 156 valence electrons. The molecule has 3 aromatic rings. The lowest BCUT2D eigenvalue weighted by atomic mass is 10.1. The zero-order valence-electron chi connectivity index (χ0n) is 15.6. The third kappa shape index (κ3) is 4.58. The molecule has 0 unspecified atom stereocenters. The van der Waals surface area contributed by atoms with Gasteiger partial charge in [-0.3, -0.25) is 24.6 Å². The summed E-state index contributed by atoms with van der Waals surface area (Å²) in [6.45, 7) is 0.162. The Balaban J connectivity index is 1.57. The Kier molecular flexibility index (Phi) is 5.99. The number of thioether (sulfide) groups is 1. The quantitative estimate of drug-likeness (QED) is 0.217. The number of hydrogen-bond acceptors (Lipinski definition) is 6. The molecule has 7 nitrogen and oxygen atoms in total. The van der Waals surface area contributed by atoms with Crippen LogP contribution in [0, 0.1) is 10.1 Å². The summed E-state index contributed by atoms with van der Waals surface area (Å²) in [5, 5.41) is 11.2. The van der Waals surface area contributed by atoms with Gasteiger partial charge in [0.15, 0.2) is 0 Å². The van der Waals surface area contributed by atoms with Gasteiger partial charge in [0.25, 0.3) is 16.8 Å². The molecule has 10 heteroatoms. The number of carbonyl (C=O) groups excluding carboxylic acids is 2. The van der Waals surface area contributed by atoms with Crippen molar-refractivity contribution in [3.63, 3.8) is 0 Å². The van der Waals surface area contributed by atoms with Crippen molar-refractivity contribution >= 4 is 62.2 Å². The Morgan fingerprint density at radius 1 is 1.13 bits per heavy atom. The second-order valence-electron chi connectivity index (χ2n) is 6.51. The Labute approximate surface area is 193 Å². The third-order valence-electron chi connectivity index (χ3n) is 4.45. The van der Waals surface area contributed by atoms with Gasteiger partial charge in [-0.1, -0.05) is 39.7 Å². The molecular formula is C21H12BrClN2O5S. The summed E-state index contributed by atoms with van der Waals surface area (Å²) in [4.78, 5) is 37.2. The van der Waals surface area contributed by atoms with Crippen LogP contribution in [0.2, 0.25) is 5.02 Å². The first-order chi connectivity index (χ1) is 14.8. The number of hydrogen-bond donors (Lipinski definition) is 0. The molecule has 1 fully saturated rings. The van der Waals surface area contributed by atoms with Crippen LogP contribution in [0.3, 0.4) is 0 Å². The number of carbonyl (C=O) groups is 2. The summed E-state index contributed by atoms with van der Waals surface area (Å²) < 4.78 is 6.59. The van der Waals surface area contributed by atoms with Crippen molar-refractivity contribution in [2.75, 3.05) is 0 Å². The van der Waals surface area contributed by atoms with Crippen LogP contribution in [0.25, 0.3) is 17.4 Å². The monoisotopic (exact) mass is 518 g/mol. The predicted octanol–water partition coefficient (Wildman–Crippen LogP) is 6.51. The number of furan rings is 1. The molecule has 2 heterocycles. The van der Waals surface area contributed by atoms with E-state index in [1.54, 1.807) is 12.1 Å². The number of benzene rings is 2. The molecular weight excluding hydrogens is 508 g/mol. The molecule has 0 bridgehead atoms. The van der Waals surface area contributed by atoms with Crippen LogP contribution in [0.4, 0.5) is 10.5 Å². The summed E-state index contributed by atoms with van der Waals surface area (Å²) in [6.07, 6.45) is 1.46. The largest absolute Gasteiger partial charge is 0.456 e. The number of imide groups is 1. The van der Waals surface area contributed by atoms with Gasteiger partial charge in [0, 0.05) is 21.6 Å². The van der Waals surface area contributed by atoms with Crippen LogP contribution >= 0.6 is 39.3 Å². The van der Waals surface area contributed by atoms with E-state index in [1.165, 1.54) is 24.3 Å². The highest BCUT2D eigenvalue weighted by atomic mass is 79.9. The zero-order chi connectivity index (χ0) is 22.1. The van der Waals surface area contributed by atoms with Crippen molar-refractivity contribution in [2.45, 2.75) is 6.54 Å². The SMILES string of the molecule is O=C1S/C(=C\c2ccc(-c3ccc(Cl)cc3[N+](=O)[O-])o2)C(=O)N1Cc1ccc(Br)cc1. The Hall–Kier alpha value is -2.88. The molecule has 4 rings (SSSR count). The van der Waals surface area contributed by atoms with Crippen molar-refractivity contribution < 1.29 is 18.9 Å². The predicted molar refractivity (Wildman–Crippen MR) is 121 cm³/mol. The smallest absolute Gasteiger partial charge is 0.293 e. The number of nitrogens with zero attached hydrogens (tertiary/aromatic N) is 2. The summed E-state index contributed by atoms with van der Waals surface area (Å²) >= 11 is 10.0. The molecule has 0 aliphatic carbocycles. The third-order valence-corrected chi connectivity index (χ3v) is 6.12. The number of rotatable bonds is 5. The van der Waals surface area contributed by atoms with Gasteiger partial charge in [0.2, 0.25) is 0 Å². The second kappa shape index (κ2) is 8.70. The van der Waals surface area contributed by atoms with E-state index >= 15 is 0 Å². The molecule has 0 radical (unpaired) electrons. The molecule has 0 N–H and O–H groups in total. The first-order valence-electron chi connectivity index (χ1n) is 8.86. The lowest BCUT2D eigenvalue weighted by molar-refractivity contribution is -0.384. The zero-order valence-corrected chi connectivity index (χ0v) is 18.7. The fourth-order valence-electron chi connectivity index (χ4n) is 2.98. The Morgan fingerprint density at radius 2 is 1.87 bits per heavy atom. The number of amides is 2. The topological polar surface area (TPSA) is 93.7 Å². The van der Waals surface area contributed by atoms with Crippen molar-refractivity contribution in [1.82, 2.24) is 4.90 Å². The summed E-state index contributed by atoms with van der Waals surface area (Å²) in [5.74, 6) is 0.130. The van der Waals surface area contributed by atoms with Crippen LogP contribution in [0.15, 0.2) is 68.4 Å². The van der Waals surface area contributed by atoms with E-state index in [9.17, 15) is 19.7 Å². The van der Waals surface area contributed by atoms with Gasteiger partial charge < -0.3 is 4.42 Å². The molecule has 2 aromatic carbocycles. The molecule has 31 heavy (non-hydrogen) atoms. The van der Waals surface area contributed by atoms with E-state index in [2.05, 4.69) is 15.9 Å². The first kappa shape index (κ1) is 21.4. The highest BCUT2D eigenvalue weighted by Crippen LogP contribution is 2.36. The van der Waals surface area contributed by atoms with Gasteiger partial charge in [-0.05, 0) is 53.7 Å². The van der Waals surface area contributed by atoms with Crippen LogP contribution in [0.1, 0.15) is 11.3 Å². The molecule has 1 saturated heterocycles. The van der Waals surface area contributed by atoms with Crippen molar-refractivity contribution in [1.29, 1.82) is 0 Å². The molecule has 1 aromatic heterocycles. The summed E-state index contributed by atoms with van der Waals surface area (Å²) in [6, 6.07) is 14.7. The lowest BCUT2D eigenvalue weighted by Crippen LogP contribution is -2.27. The van der Waals surface area contributed by atoms with E-state index in [4.69, 9.17) is 16.0 Å². The van der Waals surface area contributed by atoms with Gasteiger partial charge in [0.1, 0.15) is 11.5 Å².